The second kappa shape index (κ2) is 6.88. The maximum absolute atomic E-state index is 11.8. The van der Waals surface area contributed by atoms with Crippen LogP contribution < -0.4 is 16.0 Å². The maximum Gasteiger partial charge on any atom is 0.252 e. The minimum Gasteiger partial charge on any atom is -0.370 e. The van der Waals surface area contributed by atoms with Crippen molar-refractivity contribution in [3.63, 3.8) is 0 Å². The Kier molecular flexibility index (Phi) is 4.92. The molecule has 1 aliphatic rings. The quantitative estimate of drug-likeness (QED) is 0.691. The van der Waals surface area contributed by atoms with Crippen molar-refractivity contribution in [2.75, 3.05) is 18.4 Å². The first kappa shape index (κ1) is 14.3. The molecule has 3 N–H and O–H groups in total. The van der Waals surface area contributed by atoms with Crippen molar-refractivity contribution in [2.45, 2.75) is 32.2 Å². The van der Waals surface area contributed by atoms with Gasteiger partial charge in [0.15, 0.2) is 0 Å². The topological polar surface area (TPSA) is 83.1 Å². The molecular formula is C14H20N4O2. The molecule has 0 aromatic carbocycles. The third kappa shape index (κ3) is 4.53. The summed E-state index contributed by atoms with van der Waals surface area (Å²) in [5.74, 6) is 0.529. The number of hydrogen-bond donors (Lipinski definition) is 3. The first-order valence-corrected chi connectivity index (χ1v) is 6.96. The van der Waals surface area contributed by atoms with Crippen molar-refractivity contribution in [3.05, 3.63) is 23.9 Å². The summed E-state index contributed by atoms with van der Waals surface area (Å²) >= 11 is 0. The Balaban J connectivity index is 1.71. The molecule has 1 fully saturated rings. The van der Waals surface area contributed by atoms with E-state index in [1.54, 1.807) is 12.1 Å². The van der Waals surface area contributed by atoms with Crippen molar-refractivity contribution < 1.29 is 9.59 Å². The van der Waals surface area contributed by atoms with Gasteiger partial charge in [0.1, 0.15) is 5.82 Å². The number of pyridine rings is 1. The van der Waals surface area contributed by atoms with Crippen molar-refractivity contribution in [2.24, 2.45) is 0 Å². The van der Waals surface area contributed by atoms with Crippen LogP contribution in [0.2, 0.25) is 0 Å². The number of rotatable bonds is 7. The van der Waals surface area contributed by atoms with Gasteiger partial charge in [-0.05, 0) is 31.9 Å². The number of anilines is 1. The van der Waals surface area contributed by atoms with Crippen molar-refractivity contribution in [3.8, 4) is 0 Å². The Morgan fingerprint density at radius 3 is 2.75 bits per heavy atom. The predicted molar refractivity (Wildman–Crippen MR) is 76.5 cm³/mol. The van der Waals surface area contributed by atoms with Gasteiger partial charge in [0.05, 0.1) is 5.56 Å². The third-order valence-corrected chi connectivity index (χ3v) is 2.96. The highest BCUT2D eigenvalue weighted by Crippen LogP contribution is 2.18. The fraction of sp³-hybridized carbons (Fsp3) is 0.500. The van der Waals surface area contributed by atoms with Crippen LogP contribution in [-0.2, 0) is 4.79 Å². The van der Waals surface area contributed by atoms with E-state index in [9.17, 15) is 9.59 Å². The lowest BCUT2D eigenvalue weighted by Crippen LogP contribution is -2.31. The lowest BCUT2D eigenvalue weighted by molar-refractivity contribution is -0.121. The van der Waals surface area contributed by atoms with Gasteiger partial charge in [-0.25, -0.2) is 4.98 Å². The van der Waals surface area contributed by atoms with Crippen molar-refractivity contribution >= 4 is 17.6 Å². The fourth-order valence-electron chi connectivity index (χ4n) is 1.73. The predicted octanol–water partition coefficient (Wildman–Crippen LogP) is 0.912. The molecule has 1 saturated carbocycles. The molecule has 6 heteroatoms. The molecule has 0 aliphatic heterocycles. The summed E-state index contributed by atoms with van der Waals surface area (Å²) in [5, 5.41) is 8.65. The number of nitrogens with zero attached hydrogens (tertiary/aromatic N) is 1. The molecule has 1 aromatic heterocycles. The fourth-order valence-corrected chi connectivity index (χ4v) is 1.73. The summed E-state index contributed by atoms with van der Waals surface area (Å²) in [4.78, 5) is 27.4. The van der Waals surface area contributed by atoms with E-state index in [1.165, 1.54) is 6.20 Å². The lowest BCUT2D eigenvalue weighted by Gasteiger charge is -2.06. The summed E-state index contributed by atoms with van der Waals surface area (Å²) in [6, 6.07) is 3.84. The van der Waals surface area contributed by atoms with Crippen LogP contribution in [0.5, 0.6) is 0 Å². The Morgan fingerprint density at radius 1 is 1.35 bits per heavy atom. The van der Waals surface area contributed by atoms with E-state index in [-0.39, 0.29) is 11.8 Å². The van der Waals surface area contributed by atoms with Crippen molar-refractivity contribution in [1.82, 2.24) is 15.6 Å². The van der Waals surface area contributed by atoms with Gasteiger partial charge in [-0.2, -0.15) is 0 Å². The van der Waals surface area contributed by atoms with Gasteiger partial charge in [0.25, 0.3) is 5.91 Å². The molecule has 0 spiro atoms. The van der Waals surface area contributed by atoms with E-state index in [0.29, 0.717) is 24.6 Å². The number of carbonyl (C=O) groups is 2. The molecule has 0 unspecified atom stereocenters. The molecule has 1 aromatic rings. The Hall–Kier alpha value is -2.11. The van der Waals surface area contributed by atoms with Crippen LogP contribution in [0, 0.1) is 0 Å². The minimum absolute atomic E-state index is 0.00609. The average molecular weight is 276 g/mol. The summed E-state index contributed by atoms with van der Waals surface area (Å²) < 4.78 is 0. The standard InChI is InChI=1S/C14H20N4O2/c1-2-15-12-6-3-10(9-17-12)14(20)16-8-7-13(19)18-11-4-5-11/h3,6,9,11H,2,4-5,7-8H2,1H3,(H,15,17)(H,16,20)(H,18,19). The van der Waals surface area contributed by atoms with Gasteiger partial charge in [-0.15, -0.1) is 0 Å². The Morgan fingerprint density at radius 2 is 2.15 bits per heavy atom. The maximum atomic E-state index is 11.8. The molecule has 20 heavy (non-hydrogen) atoms. The molecular weight excluding hydrogens is 256 g/mol. The number of aromatic nitrogens is 1. The van der Waals surface area contributed by atoms with Crippen LogP contribution in [0.1, 0.15) is 36.5 Å². The second-order valence-corrected chi connectivity index (χ2v) is 4.81. The zero-order valence-corrected chi connectivity index (χ0v) is 11.6. The Bertz CT molecular complexity index is 469. The summed E-state index contributed by atoms with van der Waals surface area (Å²) in [6.45, 7) is 3.11. The molecule has 6 nitrogen and oxygen atoms in total. The largest absolute Gasteiger partial charge is 0.370 e. The summed E-state index contributed by atoms with van der Waals surface area (Å²) in [5.41, 5.74) is 0.495. The first-order valence-electron chi connectivity index (χ1n) is 6.96. The Labute approximate surface area is 118 Å². The van der Waals surface area contributed by atoms with E-state index < -0.39 is 0 Å². The van der Waals surface area contributed by atoms with Crippen molar-refractivity contribution in [1.29, 1.82) is 0 Å². The average Bonchev–Trinajstić information content (AvgIpc) is 3.23. The van der Waals surface area contributed by atoms with Gasteiger partial charge in [0, 0.05) is 31.7 Å². The molecule has 2 rings (SSSR count). The smallest absolute Gasteiger partial charge is 0.252 e. The van der Waals surface area contributed by atoms with Crippen LogP contribution in [-0.4, -0.2) is 35.9 Å². The highest BCUT2D eigenvalue weighted by atomic mass is 16.2. The van der Waals surface area contributed by atoms with E-state index >= 15 is 0 Å². The molecule has 2 amide bonds. The van der Waals surface area contributed by atoms with Gasteiger partial charge in [-0.1, -0.05) is 0 Å². The van der Waals surface area contributed by atoms with Gasteiger partial charge < -0.3 is 16.0 Å². The van der Waals surface area contributed by atoms with Crippen LogP contribution in [0.3, 0.4) is 0 Å². The highest BCUT2D eigenvalue weighted by molar-refractivity contribution is 5.94. The summed E-state index contributed by atoms with van der Waals surface area (Å²) in [6.07, 6.45) is 3.98. The molecule has 1 heterocycles. The highest BCUT2D eigenvalue weighted by Gasteiger charge is 2.22. The summed E-state index contributed by atoms with van der Waals surface area (Å²) in [7, 11) is 0. The van der Waals surface area contributed by atoms with Gasteiger partial charge in [-0.3, -0.25) is 9.59 Å². The third-order valence-electron chi connectivity index (χ3n) is 2.96. The minimum atomic E-state index is -0.209. The van der Waals surface area contributed by atoms with Crippen LogP contribution in [0.15, 0.2) is 18.3 Å². The monoisotopic (exact) mass is 276 g/mol. The normalized spacial score (nSPS) is 13.7. The van der Waals surface area contributed by atoms with Crippen LogP contribution >= 0.6 is 0 Å². The first-order chi connectivity index (χ1) is 9.69. The molecule has 0 radical (unpaired) electrons. The SMILES string of the molecule is CCNc1ccc(C(=O)NCCC(=O)NC2CC2)cn1. The number of hydrogen-bond acceptors (Lipinski definition) is 4. The molecule has 0 saturated heterocycles. The molecule has 0 bridgehead atoms. The van der Waals surface area contributed by atoms with E-state index in [0.717, 1.165) is 25.2 Å². The molecule has 0 atom stereocenters. The van der Waals surface area contributed by atoms with E-state index in [2.05, 4.69) is 20.9 Å². The van der Waals surface area contributed by atoms with Crippen LogP contribution in [0.4, 0.5) is 5.82 Å². The number of nitrogens with one attached hydrogen (secondary N) is 3. The molecule has 1 aliphatic carbocycles. The van der Waals surface area contributed by atoms with Gasteiger partial charge in [0.2, 0.25) is 5.91 Å². The molecule has 108 valence electrons. The lowest BCUT2D eigenvalue weighted by atomic mass is 10.2. The van der Waals surface area contributed by atoms with Crippen LogP contribution in [0.25, 0.3) is 0 Å². The van der Waals surface area contributed by atoms with E-state index in [4.69, 9.17) is 0 Å². The second-order valence-electron chi connectivity index (χ2n) is 4.81. The number of amides is 2. The van der Waals surface area contributed by atoms with Gasteiger partial charge >= 0.3 is 0 Å². The zero-order chi connectivity index (χ0) is 14.4. The number of carbonyl (C=O) groups excluding carboxylic acids is 2. The zero-order valence-electron chi connectivity index (χ0n) is 11.6. The van der Waals surface area contributed by atoms with E-state index in [1.807, 2.05) is 6.92 Å².